The number of rotatable bonds is 7. The first-order chi connectivity index (χ1) is 12.2. The molecule has 0 bridgehead atoms. The van der Waals surface area contributed by atoms with Crippen LogP contribution in [0.5, 0.6) is 0 Å². The highest BCUT2D eigenvalue weighted by Gasteiger charge is 2.28. The molecule has 3 nitrogen and oxygen atoms in total. The molecule has 0 aliphatic carbocycles. The van der Waals surface area contributed by atoms with E-state index < -0.39 is 0 Å². The minimum absolute atomic E-state index is 0.197. The summed E-state index contributed by atoms with van der Waals surface area (Å²) >= 11 is 0. The minimum Gasteiger partial charge on any atom is -0.382 e. The number of nitrogens with one attached hydrogen (secondary N) is 1. The van der Waals surface area contributed by atoms with Gasteiger partial charge < -0.3 is 10.1 Å². The van der Waals surface area contributed by atoms with Crippen LogP contribution in [0.2, 0.25) is 0 Å². The maximum absolute atomic E-state index is 13.1. The van der Waals surface area contributed by atoms with E-state index in [4.69, 9.17) is 4.74 Å². The Morgan fingerprint density at radius 1 is 1.12 bits per heavy atom. The molecule has 1 saturated heterocycles. The summed E-state index contributed by atoms with van der Waals surface area (Å²) in [6, 6.07) is 18.0. The van der Waals surface area contributed by atoms with Gasteiger partial charge >= 0.3 is 0 Å². The average molecular weight is 342 g/mol. The lowest BCUT2D eigenvalue weighted by Gasteiger charge is -2.40. The topological polar surface area (TPSA) is 24.5 Å². The number of hydrogen-bond acceptors (Lipinski definition) is 3. The normalized spacial score (nSPS) is 21.2. The third kappa shape index (κ3) is 5.28. The smallest absolute Gasteiger partial charge is 0.123 e. The first kappa shape index (κ1) is 17.9. The molecule has 2 aromatic rings. The summed E-state index contributed by atoms with van der Waals surface area (Å²) in [4.78, 5) is 2.52. The molecular weight excluding hydrogens is 315 g/mol. The molecule has 1 aliphatic rings. The van der Waals surface area contributed by atoms with Crippen LogP contribution in [0, 0.1) is 5.82 Å². The van der Waals surface area contributed by atoms with E-state index in [1.54, 1.807) is 0 Å². The van der Waals surface area contributed by atoms with E-state index in [2.05, 4.69) is 40.5 Å². The monoisotopic (exact) mass is 342 g/mol. The Kier molecular flexibility index (Phi) is 6.42. The second kappa shape index (κ2) is 8.97. The quantitative estimate of drug-likeness (QED) is 0.811. The van der Waals surface area contributed by atoms with Crippen LogP contribution in [0.25, 0.3) is 0 Å². The highest BCUT2D eigenvalue weighted by molar-refractivity contribution is 5.43. The molecule has 134 valence electrons. The van der Waals surface area contributed by atoms with E-state index >= 15 is 0 Å². The van der Waals surface area contributed by atoms with Gasteiger partial charge in [0.25, 0.3) is 0 Å². The summed E-state index contributed by atoms with van der Waals surface area (Å²) in [6.45, 7) is 5.53. The molecule has 0 aromatic heterocycles. The van der Waals surface area contributed by atoms with E-state index in [9.17, 15) is 4.39 Å². The van der Waals surface area contributed by atoms with Gasteiger partial charge in [-0.15, -0.1) is 0 Å². The van der Waals surface area contributed by atoms with Crippen molar-refractivity contribution < 1.29 is 9.13 Å². The molecule has 2 aromatic carbocycles. The Balaban J connectivity index is 1.61. The minimum atomic E-state index is -0.197. The SMILES string of the molecule is CCOC[C@H]1C[C@@H](Nc2ccc(F)cc2)CCN1Cc1ccccc1. The second-order valence-electron chi connectivity index (χ2n) is 6.64. The molecule has 0 amide bonds. The van der Waals surface area contributed by atoms with Gasteiger partial charge in [-0.2, -0.15) is 0 Å². The third-order valence-corrected chi connectivity index (χ3v) is 4.80. The van der Waals surface area contributed by atoms with Crippen molar-refractivity contribution in [2.45, 2.75) is 38.4 Å². The fourth-order valence-corrected chi connectivity index (χ4v) is 3.47. The Labute approximate surface area is 149 Å². The van der Waals surface area contributed by atoms with Gasteiger partial charge in [0, 0.05) is 37.5 Å². The molecule has 0 spiro atoms. The maximum atomic E-state index is 13.1. The van der Waals surface area contributed by atoms with Crippen LogP contribution in [0.1, 0.15) is 25.3 Å². The van der Waals surface area contributed by atoms with Crippen molar-refractivity contribution >= 4 is 5.69 Å². The van der Waals surface area contributed by atoms with E-state index in [0.717, 1.165) is 44.8 Å². The van der Waals surface area contributed by atoms with Gasteiger partial charge in [0.1, 0.15) is 5.82 Å². The Morgan fingerprint density at radius 3 is 2.60 bits per heavy atom. The van der Waals surface area contributed by atoms with Gasteiger partial charge in [-0.3, -0.25) is 4.90 Å². The predicted octanol–water partition coefficient (Wildman–Crippen LogP) is 4.31. The largest absolute Gasteiger partial charge is 0.382 e. The Hall–Kier alpha value is -1.91. The highest BCUT2D eigenvalue weighted by atomic mass is 19.1. The molecule has 3 rings (SSSR count). The molecule has 1 aliphatic heterocycles. The highest BCUT2D eigenvalue weighted by Crippen LogP contribution is 2.23. The number of ether oxygens (including phenoxy) is 1. The first-order valence-corrected chi connectivity index (χ1v) is 9.12. The van der Waals surface area contributed by atoms with Crippen molar-refractivity contribution in [3.63, 3.8) is 0 Å². The molecular formula is C21H27FN2O. The molecule has 1 heterocycles. The van der Waals surface area contributed by atoms with Crippen LogP contribution in [-0.4, -0.2) is 36.7 Å². The number of likely N-dealkylation sites (tertiary alicyclic amines) is 1. The van der Waals surface area contributed by atoms with Crippen LogP contribution in [0.4, 0.5) is 10.1 Å². The number of piperidine rings is 1. The molecule has 4 heteroatoms. The van der Waals surface area contributed by atoms with Gasteiger partial charge in [-0.05, 0) is 49.6 Å². The fourth-order valence-electron chi connectivity index (χ4n) is 3.47. The molecule has 1 fully saturated rings. The summed E-state index contributed by atoms with van der Waals surface area (Å²) < 4.78 is 18.8. The van der Waals surface area contributed by atoms with E-state index in [0.29, 0.717) is 12.1 Å². The standard InChI is InChI=1S/C21H27FN2O/c1-2-25-16-21-14-20(23-19-10-8-18(22)9-11-19)12-13-24(21)15-17-6-4-3-5-7-17/h3-11,20-21,23H,2,12-16H2,1H3/t20-,21+/m0/s1. The van der Waals surface area contributed by atoms with Gasteiger partial charge in [0.05, 0.1) is 6.61 Å². The van der Waals surface area contributed by atoms with Gasteiger partial charge in [0.15, 0.2) is 0 Å². The van der Waals surface area contributed by atoms with Crippen LogP contribution < -0.4 is 5.32 Å². The zero-order chi connectivity index (χ0) is 17.5. The van der Waals surface area contributed by atoms with Crippen LogP contribution in [0.15, 0.2) is 54.6 Å². The van der Waals surface area contributed by atoms with Crippen molar-refractivity contribution in [2.75, 3.05) is 25.1 Å². The zero-order valence-electron chi connectivity index (χ0n) is 14.8. The molecule has 0 unspecified atom stereocenters. The van der Waals surface area contributed by atoms with E-state index in [-0.39, 0.29) is 5.82 Å². The van der Waals surface area contributed by atoms with E-state index in [1.807, 2.05) is 19.1 Å². The number of anilines is 1. The average Bonchev–Trinajstić information content (AvgIpc) is 2.64. The van der Waals surface area contributed by atoms with Gasteiger partial charge in [-0.1, -0.05) is 30.3 Å². The molecule has 1 N–H and O–H groups in total. The van der Waals surface area contributed by atoms with E-state index in [1.165, 1.54) is 17.7 Å². The summed E-state index contributed by atoms with van der Waals surface area (Å²) in [5.41, 5.74) is 2.33. The number of halogens is 1. The number of benzene rings is 2. The molecule has 2 atom stereocenters. The zero-order valence-corrected chi connectivity index (χ0v) is 14.8. The number of nitrogens with zero attached hydrogens (tertiary/aromatic N) is 1. The fraction of sp³-hybridized carbons (Fsp3) is 0.429. The van der Waals surface area contributed by atoms with Crippen LogP contribution in [0.3, 0.4) is 0 Å². The van der Waals surface area contributed by atoms with Crippen molar-refractivity contribution in [3.05, 3.63) is 66.0 Å². The maximum Gasteiger partial charge on any atom is 0.123 e. The van der Waals surface area contributed by atoms with Crippen LogP contribution in [-0.2, 0) is 11.3 Å². The van der Waals surface area contributed by atoms with Crippen molar-refractivity contribution in [1.29, 1.82) is 0 Å². The lowest BCUT2D eigenvalue weighted by atomic mass is 9.96. The molecule has 0 radical (unpaired) electrons. The Bertz CT molecular complexity index is 632. The Morgan fingerprint density at radius 2 is 1.88 bits per heavy atom. The lowest BCUT2D eigenvalue weighted by Crippen LogP contribution is -2.48. The lowest BCUT2D eigenvalue weighted by molar-refractivity contribution is 0.0381. The molecule has 25 heavy (non-hydrogen) atoms. The second-order valence-corrected chi connectivity index (χ2v) is 6.64. The van der Waals surface area contributed by atoms with Gasteiger partial charge in [0.2, 0.25) is 0 Å². The molecule has 0 saturated carbocycles. The van der Waals surface area contributed by atoms with Crippen molar-refractivity contribution in [1.82, 2.24) is 4.90 Å². The summed E-state index contributed by atoms with van der Waals surface area (Å²) in [5, 5.41) is 3.55. The predicted molar refractivity (Wildman–Crippen MR) is 100 cm³/mol. The summed E-state index contributed by atoms with van der Waals surface area (Å²) in [5.74, 6) is -0.197. The summed E-state index contributed by atoms with van der Waals surface area (Å²) in [6.07, 6.45) is 2.11. The summed E-state index contributed by atoms with van der Waals surface area (Å²) in [7, 11) is 0. The van der Waals surface area contributed by atoms with Crippen LogP contribution >= 0.6 is 0 Å². The first-order valence-electron chi connectivity index (χ1n) is 9.12. The van der Waals surface area contributed by atoms with Gasteiger partial charge in [-0.25, -0.2) is 4.39 Å². The third-order valence-electron chi connectivity index (χ3n) is 4.80. The van der Waals surface area contributed by atoms with Crippen molar-refractivity contribution in [3.8, 4) is 0 Å². The number of hydrogen-bond donors (Lipinski definition) is 1. The van der Waals surface area contributed by atoms with Crippen molar-refractivity contribution in [2.24, 2.45) is 0 Å².